The summed E-state index contributed by atoms with van der Waals surface area (Å²) in [6.07, 6.45) is 4.89. The fraction of sp³-hybridized carbons (Fsp3) is 0.426. The maximum atomic E-state index is 14.5. The third kappa shape index (κ3) is 18.1. The van der Waals surface area contributed by atoms with E-state index in [4.69, 9.17) is 23.7 Å². The van der Waals surface area contributed by atoms with Crippen LogP contribution in [0.15, 0.2) is 121 Å². The van der Waals surface area contributed by atoms with Crippen molar-refractivity contribution < 1.29 is 47.7 Å². The minimum atomic E-state index is -0.874. The third-order valence-corrected chi connectivity index (χ3v) is 13.4. The molecule has 6 rings (SSSR count). The van der Waals surface area contributed by atoms with E-state index in [9.17, 15) is 24.0 Å². The molecule has 0 spiro atoms. The number of amides is 6. The van der Waals surface area contributed by atoms with Crippen molar-refractivity contribution >= 4 is 29.8 Å². The number of hydrogen-bond acceptors (Lipinski definition) is 10. The van der Waals surface area contributed by atoms with E-state index < -0.39 is 18.2 Å². The van der Waals surface area contributed by atoms with Crippen LogP contribution in [0.3, 0.4) is 0 Å². The van der Waals surface area contributed by atoms with Gasteiger partial charge in [-0.15, -0.1) is 0 Å². The Morgan fingerprint density at radius 3 is 1.89 bits per heavy atom. The fourth-order valence-corrected chi connectivity index (χ4v) is 9.59. The Labute approximate surface area is 449 Å². The Bertz CT molecular complexity index is 2630. The number of hydrogen-bond donors (Lipinski definition) is 3. The standard InChI is InChI=1S/C61H77N5O10/c1-43(2)57(59(69)64-51(39-47-22-11-8-12-23-47)31-30-50(38-46-20-9-7-10-21-46)63-56(68)42-76-58-44(3)18-13-19-45(58)4)65-34-17-35-66(60(65)70)61(71)75-36-16-28-55(67)62-33-37-74-52-27-15-26-48(40-52)24-14-25-49-29-32-53(72-5)54(41-49)73-6/h7-13,15,18-23,26-27,29,32,40-41,43,50-51,57H,14,16-17,24-25,28,30-31,33-39,42H2,1-6H3,(H,62,67)(H,63,68)(H,64,69)/t50?,51?,57-/m0/s1. The molecule has 2 unspecified atom stereocenters. The highest BCUT2D eigenvalue weighted by Crippen LogP contribution is 2.29. The number of ether oxygens (including phenoxy) is 5. The second kappa shape index (κ2) is 30.1. The van der Waals surface area contributed by atoms with Gasteiger partial charge in [0.2, 0.25) is 11.8 Å². The number of nitrogens with zero attached hydrogens (tertiary/aromatic N) is 2. The summed E-state index contributed by atoms with van der Waals surface area (Å²) in [5, 5.41) is 9.34. The lowest BCUT2D eigenvalue weighted by Crippen LogP contribution is -2.61. The molecule has 6 amide bonds. The van der Waals surface area contributed by atoms with E-state index in [1.165, 1.54) is 10.5 Å². The number of carbonyl (C=O) groups is 5. The quantitative estimate of drug-likeness (QED) is 0.0392. The smallest absolute Gasteiger partial charge is 0.417 e. The van der Waals surface area contributed by atoms with Crippen LogP contribution in [0.5, 0.6) is 23.0 Å². The molecule has 5 aromatic carbocycles. The molecule has 1 saturated heterocycles. The van der Waals surface area contributed by atoms with E-state index in [1.54, 1.807) is 14.2 Å². The first-order valence-corrected chi connectivity index (χ1v) is 26.6. The molecule has 0 radical (unpaired) electrons. The molecule has 5 aromatic rings. The second-order valence-electron chi connectivity index (χ2n) is 19.7. The predicted molar refractivity (Wildman–Crippen MR) is 294 cm³/mol. The third-order valence-electron chi connectivity index (χ3n) is 13.4. The summed E-state index contributed by atoms with van der Waals surface area (Å²) in [6, 6.07) is 37.5. The van der Waals surface area contributed by atoms with Crippen LogP contribution in [0, 0.1) is 19.8 Å². The van der Waals surface area contributed by atoms with Crippen molar-refractivity contribution in [1.82, 2.24) is 25.8 Å². The lowest BCUT2D eigenvalue weighted by Gasteiger charge is -2.40. The molecule has 1 aliphatic heterocycles. The van der Waals surface area contributed by atoms with E-state index in [0.717, 1.165) is 57.7 Å². The zero-order chi connectivity index (χ0) is 54.2. The van der Waals surface area contributed by atoms with E-state index >= 15 is 0 Å². The maximum Gasteiger partial charge on any atom is 0.417 e. The summed E-state index contributed by atoms with van der Waals surface area (Å²) in [5.41, 5.74) is 6.32. The number of para-hydroxylation sites is 1. The normalized spacial score (nSPS) is 13.5. The highest BCUT2D eigenvalue weighted by molar-refractivity contribution is 5.95. The van der Waals surface area contributed by atoms with Gasteiger partial charge in [0, 0.05) is 31.6 Å². The molecule has 1 fully saturated rings. The molecule has 1 aliphatic rings. The van der Waals surface area contributed by atoms with Gasteiger partial charge in [-0.05, 0) is 135 Å². The molecule has 15 nitrogen and oxygen atoms in total. The summed E-state index contributed by atoms with van der Waals surface area (Å²) in [6.45, 7) is 8.49. The minimum absolute atomic E-state index is 0.0638. The zero-order valence-corrected chi connectivity index (χ0v) is 45.1. The Balaban J connectivity index is 0.959. The first-order valence-electron chi connectivity index (χ1n) is 26.6. The fourth-order valence-electron chi connectivity index (χ4n) is 9.59. The molecule has 3 atom stereocenters. The number of benzene rings is 5. The summed E-state index contributed by atoms with van der Waals surface area (Å²) in [4.78, 5) is 70.5. The summed E-state index contributed by atoms with van der Waals surface area (Å²) >= 11 is 0. The molecule has 76 heavy (non-hydrogen) atoms. The number of nitrogens with one attached hydrogen (secondary N) is 3. The van der Waals surface area contributed by atoms with E-state index in [1.807, 2.05) is 143 Å². The van der Waals surface area contributed by atoms with Crippen molar-refractivity contribution in [3.8, 4) is 23.0 Å². The average molecular weight is 1040 g/mol. The van der Waals surface area contributed by atoms with Gasteiger partial charge in [0.25, 0.3) is 5.91 Å². The second-order valence-corrected chi connectivity index (χ2v) is 19.7. The number of aryl methyl sites for hydroxylation is 4. The summed E-state index contributed by atoms with van der Waals surface area (Å²) in [5.74, 6) is 1.77. The lowest BCUT2D eigenvalue weighted by atomic mass is 9.94. The van der Waals surface area contributed by atoms with Crippen LogP contribution >= 0.6 is 0 Å². The number of carbonyl (C=O) groups excluding carboxylic acids is 5. The molecular formula is C61H77N5O10. The summed E-state index contributed by atoms with van der Waals surface area (Å²) in [7, 11) is 3.26. The van der Waals surface area contributed by atoms with Crippen molar-refractivity contribution in [3.63, 3.8) is 0 Å². The largest absolute Gasteiger partial charge is 0.493 e. The van der Waals surface area contributed by atoms with Crippen LogP contribution in [0.4, 0.5) is 9.59 Å². The number of rotatable bonds is 29. The number of urea groups is 1. The number of methoxy groups -OCH3 is 2. The van der Waals surface area contributed by atoms with Crippen molar-refractivity contribution in [3.05, 3.63) is 155 Å². The Morgan fingerprint density at radius 1 is 0.632 bits per heavy atom. The molecule has 15 heteroatoms. The number of imide groups is 1. The maximum absolute atomic E-state index is 14.5. The van der Waals surface area contributed by atoms with Crippen molar-refractivity contribution in [2.24, 2.45) is 5.92 Å². The first-order chi connectivity index (χ1) is 36.8. The van der Waals surface area contributed by atoms with Gasteiger partial charge in [-0.1, -0.05) is 111 Å². The van der Waals surface area contributed by atoms with Gasteiger partial charge in [0.05, 0.1) is 27.4 Å². The van der Waals surface area contributed by atoms with Crippen LogP contribution in [-0.4, -0.2) is 111 Å². The van der Waals surface area contributed by atoms with Crippen molar-refractivity contribution in [2.45, 2.75) is 110 Å². The van der Waals surface area contributed by atoms with Gasteiger partial charge in [0.15, 0.2) is 18.1 Å². The molecule has 3 N–H and O–H groups in total. The first kappa shape index (κ1) is 57.7. The van der Waals surface area contributed by atoms with Crippen LogP contribution in [-0.2, 0) is 44.8 Å². The average Bonchev–Trinajstić information content (AvgIpc) is 3.41. The topological polar surface area (TPSA) is 174 Å². The van der Waals surface area contributed by atoms with Crippen molar-refractivity contribution in [2.75, 3.05) is 53.7 Å². The molecule has 0 aliphatic carbocycles. The molecule has 0 saturated carbocycles. The minimum Gasteiger partial charge on any atom is -0.493 e. The van der Waals surface area contributed by atoms with Crippen LogP contribution < -0.4 is 34.9 Å². The van der Waals surface area contributed by atoms with Gasteiger partial charge < -0.3 is 44.5 Å². The predicted octanol–water partition coefficient (Wildman–Crippen LogP) is 9.37. The van der Waals surface area contributed by atoms with E-state index in [0.29, 0.717) is 55.9 Å². The van der Waals surface area contributed by atoms with Crippen molar-refractivity contribution in [1.29, 1.82) is 0 Å². The SMILES string of the molecule is COc1ccc(CCCc2cccc(OCCNC(=O)CCCOC(=O)N3CCCN([C@H](C(=O)NC(CCC(Cc4ccccc4)NC(=O)COc4c(C)cccc4C)Cc4ccccc4)C(C)C)C3=O)c2)cc1OC. The highest BCUT2D eigenvalue weighted by Gasteiger charge is 2.40. The Kier molecular flexibility index (Phi) is 22.9. The molecule has 1 heterocycles. The van der Waals surface area contributed by atoms with Gasteiger partial charge in [-0.3, -0.25) is 14.4 Å². The highest BCUT2D eigenvalue weighted by atomic mass is 16.6. The molecule has 0 bridgehead atoms. The van der Waals surface area contributed by atoms with Crippen LogP contribution in [0.2, 0.25) is 0 Å². The summed E-state index contributed by atoms with van der Waals surface area (Å²) < 4.78 is 28.2. The molecule has 406 valence electrons. The molecule has 0 aromatic heterocycles. The van der Waals surface area contributed by atoms with E-state index in [-0.39, 0.29) is 81.5 Å². The Morgan fingerprint density at radius 2 is 1.25 bits per heavy atom. The van der Waals surface area contributed by atoms with E-state index in [2.05, 4.69) is 22.0 Å². The monoisotopic (exact) mass is 1040 g/mol. The van der Waals surface area contributed by atoms with Crippen LogP contribution in [0.1, 0.15) is 85.8 Å². The van der Waals surface area contributed by atoms with Gasteiger partial charge >= 0.3 is 12.1 Å². The Hall–Kier alpha value is -7.55. The van der Waals surface area contributed by atoms with Gasteiger partial charge in [-0.2, -0.15) is 0 Å². The lowest BCUT2D eigenvalue weighted by molar-refractivity contribution is -0.128. The zero-order valence-electron chi connectivity index (χ0n) is 45.1. The van der Waals surface area contributed by atoms with Crippen LogP contribution in [0.25, 0.3) is 0 Å². The molecular weight excluding hydrogens is 963 g/mol. The van der Waals surface area contributed by atoms with Gasteiger partial charge in [0.1, 0.15) is 24.1 Å². The van der Waals surface area contributed by atoms with Gasteiger partial charge in [-0.25, -0.2) is 14.5 Å².